The molecule has 0 radical (unpaired) electrons. The number of carbonyl (C=O) groups is 1. The number of halogens is 1. The molecule has 2 aromatic rings. The van der Waals surface area contributed by atoms with Crippen molar-refractivity contribution >= 4 is 17.3 Å². The minimum Gasteiger partial charge on any atom is -0.369 e. The van der Waals surface area contributed by atoms with Crippen LogP contribution >= 0.6 is 0 Å². The van der Waals surface area contributed by atoms with Gasteiger partial charge in [-0.15, -0.1) is 0 Å². The number of hydrogen-bond donors (Lipinski definition) is 2. The second-order valence-electron chi connectivity index (χ2n) is 8.37. The summed E-state index contributed by atoms with van der Waals surface area (Å²) in [7, 11) is 2.12. The molecule has 4 rings (SSSR count). The molecule has 2 aliphatic rings. The number of piperazine rings is 1. The van der Waals surface area contributed by atoms with Gasteiger partial charge in [0.1, 0.15) is 5.82 Å². The number of benzene rings is 2. The normalized spacial score (nSPS) is 24.4. The van der Waals surface area contributed by atoms with Crippen molar-refractivity contribution in [3.63, 3.8) is 0 Å². The lowest BCUT2D eigenvalue weighted by Crippen LogP contribution is -2.44. The largest absolute Gasteiger partial charge is 0.369 e. The first-order chi connectivity index (χ1) is 13.9. The zero-order valence-electron chi connectivity index (χ0n) is 17.1. The van der Waals surface area contributed by atoms with Crippen LogP contribution in [0.3, 0.4) is 0 Å². The third kappa shape index (κ3) is 4.14. The summed E-state index contributed by atoms with van der Waals surface area (Å²) >= 11 is 0. The quantitative estimate of drug-likeness (QED) is 0.813. The molecule has 0 spiro atoms. The minimum atomic E-state index is -0.421. The van der Waals surface area contributed by atoms with E-state index in [1.165, 1.54) is 6.07 Å². The molecule has 154 valence electrons. The van der Waals surface area contributed by atoms with E-state index in [9.17, 15) is 9.18 Å². The highest BCUT2D eigenvalue weighted by Gasteiger charge is 2.50. The third-order valence-electron chi connectivity index (χ3n) is 6.42. The fourth-order valence-corrected chi connectivity index (χ4v) is 4.09. The summed E-state index contributed by atoms with van der Waals surface area (Å²) < 4.78 is 14.5. The number of carbonyl (C=O) groups excluding carboxylic acids is 1. The van der Waals surface area contributed by atoms with Crippen molar-refractivity contribution < 1.29 is 9.18 Å². The fraction of sp³-hybridized carbons (Fsp3) is 0.435. The summed E-state index contributed by atoms with van der Waals surface area (Å²) in [5, 5.41) is 2.69. The maximum atomic E-state index is 14.5. The average molecular weight is 397 g/mol. The number of likely N-dealkylation sites (N-methyl/N-ethyl adjacent to an activating group) is 1. The van der Waals surface area contributed by atoms with E-state index in [0.29, 0.717) is 5.56 Å². The summed E-state index contributed by atoms with van der Waals surface area (Å²) in [5.41, 5.74) is 8.76. The molecule has 0 bridgehead atoms. The molecule has 6 heteroatoms. The van der Waals surface area contributed by atoms with Gasteiger partial charge in [-0.25, -0.2) is 4.39 Å². The standard InChI is InChI=1S/C23H29FN4O/c1-3-23(25)15-19(23)17-6-9-21(20(24)14-17)26-22(29)16-4-7-18(8-5-16)28-12-10-27(2)11-13-28/h4-9,14,19H,3,10-13,15,25H2,1-2H3,(H,26,29). The van der Waals surface area contributed by atoms with Crippen molar-refractivity contribution in [2.24, 2.45) is 5.73 Å². The second kappa shape index (κ2) is 7.76. The lowest BCUT2D eigenvalue weighted by Gasteiger charge is -2.34. The SMILES string of the molecule is CCC1(N)CC1c1ccc(NC(=O)c2ccc(N3CCN(C)CC3)cc2)c(F)c1. The van der Waals surface area contributed by atoms with Crippen molar-refractivity contribution in [2.75, 3.05) is 43.4 Å². The Labute approximate surface area is 171 Å². The topological polar surface area (TPSA) is 61.6 Å². The minimum absolute atomic E-state index is 0.196. The predicted molar refractivity (Wildman–Crippen MR) is 115 cm³/mol. The maximum absolute atomic E-state index is 14.5. The van der Waals surface area contributed by atoms with E-state index in [0.717, 1.165) is 50.3 Å². The number of nitrogens with two attached hydrogens (primary N) is 1. The Bertz CT molecular complexity index is 892. The lowest BCUT2D eigenvalue weighted by molar-refractivity contribution is 0.102. The molecular formula is C23H29FN4O. The summed E-state index contributed by atoms with van der Waals surface area (Å²) in [6.45, 7) is 6.06. The first-order valence-corrected chi connectivity index (χ1v) is 10.3. The Morgan fingerprint density at radius 1 is 1.17 bits per heavy atom. The second-order valence-corrected chi connectivity index (χ2v) is 8.37. The van der Waals surface area contributed by atoms with Crippen molar-refractivity contribution in [1.29, 1.82) is 0 Å². The van der Waals surface area contributed by atoms with Gasteiger partial charge >= 0.3 is 0 Å². The highest BCUT2D eigenvalue weighted by molar-refractivity contribution is 6.04. The molecule has 2 unspecified atom stereocenters. The summed E-state index contributed by atoms with van der Waals surface area (Å²) in [6.07, 6.45) is 1.76. The van der Waals surface area contributed by atoms with E-state index >= 15 is 0 Å². The molecule has 2 aromatic carbocycles. The zero-order chi connectivity index (χ0) is 20.6. The van der Waals surface area contributed by atoms with E-state index in [2.05, 4.69) is 29.1 Å². The predicted octanol–water partition coefficient (Wildman–Crippen LogP) is 3.42. The average Bonchev–Trinajstić information content (AvgIpc) is 3.42. The Hall–Kier alpha value is -2.44. The molecule has 0 aromatic heterocycles. The van der Waals surface area contributed by atoms with Gasteiger partial charge in [-0.2, -0.15) is 0 Å². The zero-order valence-corrected chi connectivity index (χ0v) is 17.1. The van der Waals surface area contributed by atoms with Crippen LogP contribution in [-0.4, -0.2) is 49.6 Å². The van der Waals surface area contributed by atoms with Gasteiger partial charge in [0, 0.05) is 48.9 Å². The van der Waals surface area contributed by atoms with Crippen LogP contribution in [0.1, 0.15) is 41.6 Å². The molecule has 1 amide bonds. The molecule has 1 saturated carbocycles. The van der Waals surface area contributed by atoms with E-state index < -0.39 is 5.82 Å². The summed E-state index contributed by atoms with van der Waals surface area (Å²) in [4.78, 5) is 17.2. The van der Waals surface area contributed by atoms with Gasteiger partial charge < -0.3 is 20.9 Å². The molecule has 1 heterocycles. The fourth-order valence-electron chi connectivity index (χ4n) is 4.09. The van der Waals surface area contributed by atoms with Crippen LogP contribution in [0.25, 0.3) is 0 Å². The molecular weight excluding hydrogens is 367 g/mol. The number of amides is 1. The van der Waals surface area contributed by atoms with Crippen LogP contribution in [0.2, 0.25) is 0 Å². The van der Waals surface area contributed by atoms with Gasteiger partial charge in [0.05, 0.1) is 5.69 Å². The molecule has 2 fully saturated rings. The Balaban J connectivity index is 1.40. The van der Waals surface area contributed by atoms with Crippen molar-refractivity contribution in [3.8, 4) is 0 Å². The Morgan fingerprint density at radius 3 is 2.45 bits per heavy atom. The molecule has 1 aliphatic carbocycles. The number of rotatable bonds is 5. The van der Waals surface area contributed by atoms with E-state index in [1.807, 2.05) is 18.2 Å². The molecule has 3 N–H and O–H groups in total. The Morgan fingerprint density at radius 2 is 1.86 bits per heavy atom. The van der Waals surface area contributed by atoms with E-state index in [4.69, 9.17) is 5.73 Å². The van der Waals surface area contributed by atoms with E-state index in [-0.39, 0.29) is 23.1 Å². The maximum Gasteiger partial charge on any atom is 0.255 e. The van der Waals surface area contributed by atoms with Crippen LogP contribution < -0.4 is 16.0 Å². The first-order valence-electron chi connectivity index (χ1n) is 10.3. The highest BCUT2D eigenvalue weighted by Crippen LogP contribution is 2.51. The van der Waals surface area contributed by atoms with Gasteiger partial charge in [-0.1, -0.05) is 13.0 Å². The third-order valence-corrected chi connectivity index (χ3v) is 6.42. The van der Waals surface area contributed by atoms with Crippen LogP contribution in [-0.2, 0) is 0 Å². The van der Waals surface area contributed by atoms with Gasteiger partial charge in [0.15, 0.2) is 0 Å². The van der Waals surface area contributed by atoms with Crippen LogP contribution in [0.5, 0.6) is 0 Å². The molecule has 2 atom stereocenters. The first kappa shape index (κ1) is 19.9. The van der Waals surface area contributed by atoms with Crippen molar-refractivity contribution in [1.82, 2.24) is 4.90 Å². The monoisotopic (exact) mass is 396 g/mol. The smallest absolute Gasteiger partial charge is 0.255 e. The van der Waals surface area contributed by atoms with Gasteiger partial charge in [-0.05, 0) is 61.9 Å². The molecule has 29 heavy (non-hydrogen) atoms. The number of anilines is 2. The molecule has 5 nitrogen and oxygen atoms in total. The number of nitrogens with zero attached hydrogens (tertiary/aromatic N) is 2. The van der Waals surface area contributed by atoms with Gasteiger partial charge in [0.2, 0.25) is 0 Å². The number of hydrogen-bond acceptors (Lipinski definition) is 4. The summed E-state index contributed by atoms with van der Waals surface area (Å²) in [6, 6.07) is 12.5. The highest BCUT2D eigenvalue weighted by atomic mass is 19.1. The molecule has 1 saturated heterocycles. The van der Waals surface area contributed by atoms with Crippen molar-refractivity contribution in [2.45, 2.75) is 31.2 Å². The lowest BCUT2D eigenvalue weighted by atomic mass is 10.0. The van der Waals surface area contributed by atoms with E-state index in [1.54, 1.807) is 18.2 Å². The van der Waals surface area contributed by atoms with Crippen LogP contribution in [0.4, 0.5) is 15.8 Å². The van der Waals surface area contributed by atoms with Crippen LogP contribution in [0, 0.1) is 5.82 Å². The summed E-state index contributed by atoms with van der Waals surface area (Å²) in [5.74, 6) is -0.529. The Kier molecular flexibility index (Phi) is 5.32. The van der Waals surface area contributed by atoms with Crippen molar-refractivity contribution in [3.05, 3.63) is 59.4 Å². The molecule has 1 aliphatic heterocycles. The number of nitrogens with one attached hydrogen (secondary N) is 1. The van der Waals surface area contributed by atoms with Gasteiger partial charge in [0.25, 0.3) is 5.91 Å². The van der Waals surface area contributed by atoms with Gasteiger partial charge in [-0.3, -0.25) is 4.79 Å². The van der Waals surface area contributed by atoms with Crippen LogP contribution in [0.15, 0.2) is 42.5 Å².